The van der Waals surface area contributed by atoms with Crippen LogP contribution in [0, 0.1) is 11.2 Å². The molecule has 0 radical (unpaired) electrons. The molecule has 0 saturated heterocycles. The standard InChI is InChI=1S/C27H26FN3O3S/c1-27(2)12-18-22(19(32)13-27)21(16-9-5-7-11-20(16)34-3)23-24(29-18)30-26(31-25(23)33)35-14-15-8-4-6-10-17(15)28/h4-11,21H,12-14H2,1-3H3,(H2,29,30,31,33)/t21-/m0/s1. The van der Waals surface area contributed by atoms with Crippen LogP contribution in [0.5, 0.6) is 5.75 Å². The second kappa shape index (κ2) is 9.00. The van der Waals surface area contributed by atoms with Crippen molar-refractivity contribution in [2.45, 2.75) is 43.5 Å². The molecule has 1 aliphatic carbocycles. The number of thioether (sulfide) groups is 1. The summed E-state index contributed by atoms with van der Waals surface area (Å²) in [5.41, 5.74) is 2.50. The van der Waals surface area contributed by atoms with Crippen molar-refractivity contribution in [2.24, 2.45) is 5.41 Å². The minimum atomic E-state index is -0.595. The molecule has 5 rings (SSSR count). The molecule has 2 aromatic carbocycles. The Morgan fingerprint density at radius 2 is 1.86 bits per heavy atom. The maximum Gasteiger partial charge on any atom is 0.257 e. The summed E-state index contributed by atoms with van der Waals surface area (Å²) >= 11 is 1.25. The predicted molar refractivity (Wildman–Crippen MR) is 134 cm³/mol. The topological polar surface area (TPSA) is 84.1 Å². The molecular formula is C27H26FN3O3S. The van der Waals surface area contributed by atoms with Gasteiger partial charge in [-0.25, -0.2) is 9.37 Å². The zero-order valence-corrected chi connectivity index (χ0v) is 20.6. The van der Waals surface area contributed by atoms with Crippen molar-refractivity contribution in [1.29, 1.82) is 0 Å². The predicted octanol–water partition coefficient (Wildman–Crippen LogP) is 5.41. The number of allylic oxidation sites excluding steroid dienone is 2. The fourth-order valence-corrected chi connectivity index (χ4v) is 5.79. The zero-order chi connectivity index (χ0) is 24.7. The lowest BCUT2D eigenvalue weighted by molar-refractivity contribution is -0.118. The number of hydrogen-bond donors (Lipinski definition) is 2. The Hall–Kier alpha value is -3.39. The highest BCUT2D eigenvalue weighted by atomic mass is 32.2. The van der Waals surface area contributed by atoms with Crippen molar-refractivity contribution in [2.75, 3.05) is 12.4 Å². The molecule has 0 amide bonds. The van der Waals surface area contributed by atoms with Crippen molar-refractivity contribution < 1.29 is 13.9 Å². The maximum atomic E-state index is 14.1. The number of ether oxygens (including phenoxy) is 1. The normalized spacial score (nSPS) is 18.5. The number of carbonyl (C=O) groups excluding carboxylic acids is 1. The molecule has 0 bridgehead atoms. The molecule has 1 aromatic heterocycles. The molecule has 0 spiro atoms. The van der Waals surface area contributed by atoms with Crippen LogP contribution in [-0.2, 0) is 10.5 Å². The van der Waals surface area contributed by atoms with E-state index in [-0.39, 0.29) is 22.6 Å². The van der Waals surface area contributed by atoms with Crippen molar-refractivity contribution in [1.82, 2.24) is 9.97 Å². The van der Waals surface area contributed by atoms with E-state index in [0.717, 1.165) is 11.3 Å². The van der Waals surface area contributed by atoms with E-state index < -0.39 is 5.92 Å². The third-order valence-corrected chi connectivity index (χ3v) is 7.39. The lowest BCUT2D eigenvalue weighted by Crippen LogP contribution is -2.37. The Morgan fingerprint density at radius 1 is 1.11 bits per heavy atom. The Kier molecular flexibility index (Phi) is 6.01. The number of halogens is 1. The fraction of sp³-hybridized carbons (Fsp3) is 0.296. The molecule has 1 atom stereocenters. The van der Waals surface area contributed by atoms with Crippen LogP contribution in [0.25, 0.3) is 0 Å². The van der Waals surface area contributed by atoms with Gasteiger partial charge in [-0.1, -0.05) is 62.0 Å². The minimum absolute atomic E-state index is 0.0164. The number of rotatable bonds is 5. The average molecular weight is 492 g/mol. The Balaban J connectivity index is 1.62. The third kappa shape index (κ3) is 4.38. The van der Waals surface area contributed by atoms with Crippen LogP contribution >= 0.6 is 11.8 Å². The number of para-hydroxylation sites is 1. The number of nitrogens with one attached hydrogen (secondary N) is 2. The molecule has 6 nitrogen and oxygen atoms in total. The first kappa shape index (κ1) is 23.4. The van der Waals surface area contributed by atoms with Crippen molar-refractivity contribution in [3.63, 3.8) is 0 Å². The van der Waals surface area contributed by atoms with Gasteiger partial charge in [-0.3, -0.25) is 9.59 Å². The Bertz CT molecular complexity index is 1410. The van der Waals surface area contributed by atoms with E-state index in [0.29, 0.717) is 52.0 Å². The number of aromatic amines is 1. The van der Waals surface area contributed by atoms with Gasteiger partial charge < -0.3 is 15.0 Å². The number of aromatic nitrogens is 2. The highest BCUT2D eigenvalue weighted by molar-refractivity contribution is 7.98. The number of carbonyl (C=O) groups is 1. The molecular weight excluding hydrogens is 465 g/mol. The molecule has 3 aromatic rings. The van der Waals surface area contributed by atoms with E-state index in [1.54, 1.807) is 25.3 Å². The van der Waals surface area contributed by atoms with Crippen LogP contribution in [0.15, 0.2) is 69.8 Å². The molecule has 180 valence electrons. The van der Waals surface area contributed by atoms with Gasteiger partial charge in [-0.05, 0) is 29.5 Å². The van der Waals surface area contributed by atoms with Gasteiger partial charge in [0.2, 0.25) is 0 Å². The largest absolute Gasteiger partial charge is 0.496 e. The van der Waals surface area contributed by atoms with Gasteiger partial charge >= 0.3 is 0 Å². The first-order chi connectivity index (χ1) is 16.8. The van der Waals surface area contributed by atoms with Gasteiger partial charge in [0.15, 0.2) is 10.9 Å². The number of hydrogen-bond acceptors (Lipinski definition) is 6. The summed E-state index contributed by atoms with van der Waals surface area (Å²) in [6.07, 6.45) is 1.06. The number of H-pyrrole nitrogens is 1. The number of ketones is 1. The molecule has 0 fully saturated rings. The van der Waals surface area contributed by atoms with Crippen LogP contribution in [-0.4, -0.2) is 22.9 Å². The molecule has 2 N–H and O–H groups in total. The van der Waals surface area contributed by atoms with Crippen molar-refractivity contribution in [3.8, 4) is 5.75 Å². The van der Waals surface area contributed by atoms with Gasteiger partial charge in [-0.2, -0.15) is 0 Å². The summed E-state index contributed by atoms with van der Waals surface area (Å²) in [4.78, 5) is 34.4. The van der Waals surface area contributed by atoms with E-state index in [1.165, 1.54) is 17.8 Å². The first-order valence-corrected chi connectivity index (χ1v) is 12.4. The molecule has 35 heavy (non-hydrogen) atoms. The maximum absolute atomic E-state index is 14.1. The second-order valence-corrected chi connectivity index (χ2v) is 10.6. The Morgan fingerprint density at radius 3 is 2.63 bits per heavy atom. The van der Waals surface area contributed by atoms with Crippen LogP contribution < -0.4 is 15.6 Å². The van der Waals surface area contributed by atoms with Gasteiger partial charge in [0, 0.05) is 29.0 Å². The number of methoxy groups -OCH3 is 1. The second-order valence-electron chi connectivity index (χ2n) is 9.65. The number of Topliss-reactive ketones (excluding diaryl/α,β-unsaturated/α-hetero) is 1. The number of benzene rings is 2. The lowest BCUT2D eigenvalue weighted by atomic mass is 9.69. The number of nitrogens with zero attached hydrogens (tertiary/aromatic N) is 1. The van der Waals surface area contributed by atoms with Gasteiger partial charge in [-0.15, -0.1) is 0 Å². The third-order valence-electron chi connectivity index (χ3n) is 6.47. The van der Waals surface area contributed by atoms with E-state index in [9.17, 15) is 14.0 Å². The highest BCUT2D eigenvalue weighted by Crippen LogP contribution is 2.49. The van der Waals surface area contributed by atoms with E-state index in [1.807, 2.05) is 24.3 Å². The van der Waals surface area contributed by atoms with Crippen LogP contribution in [0.3, 0.4) is 0 Å². The smallest absolute Gasteiger partial charge is 0.257 e. The summed E-state index contributed by atoms with van der Waals surface area (Å²) in [6.45, 7) is 4.12. The fourth-order valence-electron chi connectivity index (χ4n) is 4.94. The molecule has 2 aliphatic rings. The van der Waals surface area contributed by atoms with Crippen LogP contribution in [0.1, 0.15) is 49.3 Å². The van der Waals surface area contributed by atoms with Crippen molar-refractivity contribution in [3.05, 3.63) is 92.7 Å². The molecule has 2 heterocycles. The summed E-state index contributed by atoms with van der Waals surface area (Å²) in [5, 5.41) is 3.70. The molecule has 8 heteroatoms. The molecule has 1 aliphatic heterocycles. The van der Waals surface area contributed by atoms with E-state index in [4.69, 9.17) is 9.72 Å². The lowest BCUT2D eigenvalue weighted by Gasteiger charge is -2.38. The summed E-state index contributed by atoms with van der Waals surface area (Å²) in [7, 11) is 1.58. The summed E-state index contributed by atoms with van der Waals surface area (Å²) in [6, 6.07) is 14.0. The Labute approximate surface area is 207 Å². The minimum Gasteiger partial charge on any atom is -0.496 e. The summed E-state index contributed by atoms with van der Waals surface area (Å²) in [5.74, 6) is 0.472. The van der Waals surface area contributed by atoms with Gasteiger partial charge in [0.25, 0.3) is 5.56 Å². The number of anilines is 1. The first-order valence-electron chi connectivity index (χ1n) is 11.4. The van der Waals surface area contributed by atoms with Gasteiger partial charge in [0.1, 0.15) is 17.4 Å². The highest BCUT2D eigenvalue weighted by Gasteiger charge is 2.43. The van der Waals surface area contributed by atoms with Crippen LogP contribution in [0.2, 0.25) is 0 Å². The van der Waals surface area contributed by atoms with Crippen LogP contribution in [0.4, 0.5) is 10.2 Å². The van der Waals surface area contributed by atoms with Crippen molar-refractivity contribution >= 4 is 23.4 Å². The van der Waals surface area contributed by atoms with E-state index in [2.05, 4.69) is 24.1 Å². The summed E-state index contributed by atoms with van der Waals surface area (Å²) < 4.78 is 19.7. The average Bonchev–Trinajstić information content (AvgIpc) is 2.81. The monoisotopic (exact) mass is 491 g/mol. The zero-order valence-electron chi connectivity index (χ0n) is 19.8. The SMILES string of the molecule is COc1ccccc1[C@H]1C2=C(CC(C)(C)CC2=O)Nc2nc(SCc3ccccc3F)[nH]c(=O)c21. The number of fused-ring (bicyclic) bond motifs is 1. The van der Waals surface area contributed by atoms with Gasteiger partial charge in [0.05, 0.1) is 18.6 Å². The molecule has 0 saturated carbocycles. The molecule has 0 unspecified atom stereocenters. The quantitative estimate of drug-likeness (QED) is 0.367. The van der Waals surface area contributed by atoms with E-state index >= 15 is 0 Å².